The molecule has 27 nitrogen and oxygen atoms in total. The van der Waals surface area contributed by atoms with Gasteiger partial charge in [0.25, 0.3) is 0 Å². The fourth-order valence-corrected chi connectivity index (χ4v) is 11.1. The van der Waals surface area contributed by atoms with Crippen LogP contribution in [0.4, 0.5) is 0 Å². The Hall–Kier alpha value is -6.69. The molecule has 11 amide bonds. The van der Waals surface area contributed by atoms with E-state index in [1.54, 1.807) is 20.1 Å². The summed E-state index contributed by atoms with van der Waals surface area (Å²) >= 11 is 1.25. The molecule has 3 unspecified atom stereocenters. The maximum absolute atomic E-state index is 15.0. The number of aromatic nitrogens is 1. The number of aliphatic hydroxyl groups excluding tert-OH is 3. The number of nitrogens with one attached hydrogen (secondary N) is 8. The third-order valence-corrected chi connectivity index (χ3v) is 16.0. The summed E-state index contributed by atoms with van der Waals surface area (Å²) < 4.78 is 20.9. The number of amides is 11. The summed E-state index contributed by atoms with van der Waals surface area (Å²) in [5.74, 6) is -12.6. The van der Waals surface area contributed by atoms with E-state index < -0.39 is 181 Å². The van der Waals surface area contributed by atoms with Crippen LogP contribution < -0.4 is 47.7 Å². The number of nitrogens with two attached hydrogens (primary N) is 1. The summed E-state index contributed by atoms with van der Waals surface area (Å²) in [6.45, 7) is 1.43. The first-order valence-electron chi connectivity index (χ1n) is 24.2. The van der Waals surface area contributed by atoms with Gasteiger partial charge in [0.15, 0.2) is 0 Å². The number of nitrogens with zero attached hydrogens (tertiary/aromatic N) is 2. The molecule has 4 aliphatic heterocycles. The zero-order chi connectivity index (χ0) is 55.0. The maximum atomic E-state index is 15.0. The molecule has 2 saturated heterocycles. The van der Waals surface area contributed by atoms with Gasteiger partial charge in [0.1, 0.15) is 53.6 Å². The second kappa shape index (κ2) is 25.2. The minimum absolute atomic E-state index is 0.0420. The number of carbonyl (C=O) groups excluding carboxylic acids is 11. The highest BCUT2D eigenvalue weighted by Gasteiger charge is 2.45. The van der Waals surface area contributed by atoms with Gasteiger partial charge in [-0.05, 0) is 29.9 Å². The minimum Gasteiger partial charge on any atom is -0.492 e. The molecule has 12 atom stereocenters. The van der Waals surface area contributed by atoms with Gasteiger partial charge in [0, 0.05) is 43.2 Å². The van der Waals surface area contributed by atoms with Gasteiger partial charge in [-0.1, -0.05) is 27.2 Å². The number of ether oxygens (including phenoxy) is 1. The molecule has 410 valence electrons. The number of carbonyl (C=O) groups is 11. The second-order valence-corrected chi connectivity index (χ2v) is 21.3. The SMILES string of the molecule is CC[C@H](C)[C@@H]1NC(=O)CNC(=O)C2Cc3c([nH]c4cc(OCCN5C(=O)CC(SC)C5=O)ccc34)S(=O)C[C@H](NC(=O)CNC1=O)C(=O)N[C@@H](CC(N)=O)C(=O)N1C[C@H](O)C[C@H]1C(=O)N[C@@H]([C@@H](C)[C@@H](O)CO)C(=O)N2. The number of aromatic amines is 1. The van der Waals surface area contributed by atoms with Crippen LogP contribution in [-0.2, 0) is 70.0 Å². The van der Waals surface area contributed by atoms with Crippen molar-refractivity contribution in [3.63, 3.8) is 0 Å². The van der Waals surface area contributed by atoms with Gasteiger partial charge in [-0.15, -0.1) is 0 Å². The van der Waals surface area contributed by atoms with Crippen LogP contribution in [0.15, 0.2) is 23.2 Å². The van der Waals surface area contributed by atoms with Crippen LogP contribution in [0.25, 0.3) is 10.9 Å². The molecule has 13 N–H and O–H groups in total. The fourth-order valence-electron chi connectivity index (χ4n) is 9.11. The molecule has 2 aromatic rings. The van der Waals surface area contributed by atoms with Crippen molar-refractivity contribution in [1.82, 2.24) is 52.0 Å². The third kappa shape index (κ3) is 13.8. The molecule has 0 aliphatic carbocycles. The third-order valence-electron chi connectivity index (χ3n) is 13.6. The molecule has 29 heteroatoms. The smallest absolute Gasteiger partial charge is 0.246 e. The number of aliphatic hydroxyl groups is 3. The van der Waals surface area contributed by atoms with E-state index in [4.69, 9.17) is 10.5 Å². The zero-order valence-corrected chi connectivity index (χ0v) is 43.1. The van der Waals surface area contributed by atoms with Crippen LogP contribution in [-0.4, -0.2) is 204 Å². The van der Waals surface area contributed by atoms with Gasteiger partial charge < -0.3 is 72.9 Å². The quantitative estimate of drug-likeness (QED) is 0.0881. The number of hydrogen-bond donors (Lipinski definition) is 12. The standard InChI is InChI=1S/C46H63N11O16S2/c1-5-20(2)37-42(68)49-15-34(62)50-29-19-75(72)44-25(24-7-6-23(11-26(24)53-44)73-9-8-56-36(64)14-32(74-4)46(56)71)12-27(39(65)48-16-35(63)54-37)51-43(69)38(21(3)31(60)18-58)55-41(67)30-10-22(59)17-57(30)45(70)28(13-33(47)61)52-40(29)66/h6-7,11,20-22,27-32,37-38,53,58-60H,5,8-10,12-19H2,1-4H3,(H2,47,61)(H,48,65)(H,49,68)(H,50,62)(H,51,69)(H,52,66)(H,54,63)(H,55,67)/t20-,21-,22+,27?,28-,29-,30-,31-,32?,37-,38-,75?/m0/s1. The van der Waals surface area contributed by atoms with E-state index >= 15 is 0 Å². The van der Waals surface area contributed by atoms with Crippen LogP contribution in [0, 0.1) is 11.8 Å². The molecule has 1 aromatic heterocycles. The van der Waals surface area contributed by atoms with Crippen LogP contribution in [0.3, 0.4) is 0 Å². The number of thioether (sulfide) groups is 1. The van der Waals surface area contributed by atoms with Crippen molar-refractivity contribution in [2.45, 2.75) is 112 Å². The Balaban J connectivity index is 1.51. The van der Waals surface area contributed by atoms with Crippen LogP contribution in [0.5, 0.6) is 5.75 Å². The van der Waals surface area contributed by atoms with Gasteiger partial charge in [-0.2, -0.15) is 11.8 Å². The normalized spacial score (nSPS) is 28.2. The fraction of sp³-hybridized carbons (Fsp3) is 0.587. The van der Waals surface area contributed by atoms with Crippen molar-refractivity contribution < 1.29 is 77.0 Å². The lowest BCUT2D eigenvalue weighted by Gasteiger charge is -2.32. The molecule has 5 heterocycles. The molecular formula is C46H63N11O16S2. The van der Waals surface area contributed by atoms with E-state index in [0.717, 1.165) is 9.80 Å². The molecule has 75 heavy (non-hydrogen) atoms. The second-order valence-electron chi connectivity index (χ2n) is 18.8. The zero-order valence-electron chi connectivity index (χ0n) is 41.5. The lowest BCUT2D eigenvalue weighted by Crippen LogP contribution is -2.62. The molecule has 2 fully saturated rings. The predicted molar refractivity (Wildman–Crippen MR) is 265 cm³/mol. The van der Waals surface area contributed by atoms with Crippen molar-refractivity contribution in [1.29, 1.82) is 0 Å². The Morgan fingerprint density at radius 1 is 0.867 bits per heavy atom. The molecule has 0 saturated carbocycles. The summed E-state index contributed by atoms with van der Waals surface area (Å²) in [5.41, 5.74) is 5.80. The van der Waals surface area contributed by atoms with E-state index in [2.05, 4.69) is 42.2 Å². The summed E-state index contributed by atoms with van der Waals surface area (Å²) in [5, 5.41) is 48.4. The van der Waals surface area contributed by atoms with Gasteiger partial charge in [0.2, 0.25) is 65.0 Å². The van der Waals surface area contributed by atoms with Crippen molar-refractivity contribution in [3.8, 4) is 5.75 Å². The molecule has 0 spiro atoms. The van der Waals surface area contributed by atoms with Crippen LogP contribution in [0.2, 0.25) is 0 Å². The number of imide groups is 1. The Kier molecular flexibility index (Phi) is 19.4. The minimum atomic E-state index is -2.44. The topological polar surface area (TPSA) is 407 Å². The van der Waals surface area contributed by atoms with E-state index in [0.29, 0.717) is 6.42 Å². The van der Waals surface area contributed by atoms with E-state index in [-0.39, 0.29) is 58.6 Å². The van der Waals surface area contributed by atoms with Crippen molar-refractivity contribution in [3.05, 3.63) is 23.8 Å². The first kappa shape index (κ1) is 57.6. The first-order chi connectivity index (χ1) is 35.5. The number of benzene rings is 1. The van der Waals surface area contributed by atoms with Crippen LogP contribution in [0.1, 0.15) is 52.0 Å². The number of fused-ring (bicyclic) bond motifs is 5. The van der Waals surface area contributed by atoms with Crippen molar-refractivity contribution in [2.75, 3.05) is 51.4 Å². The summed E-state index contributed by atoms with van der Waals surface area (Å²) in [6.07, 6.45) is -2.82. The summed E-state index contributed by atoms with van der Waals surface area (Å²) in [4.78, 5) is 156. The molecule has 4 aliphatic rings. The van der Waals surface area contributed by atoms with E-state index in [1.807, 2.05) is 0 Å². The lowest BCUT2D eigenvalue weighted by atomic mass is 9.93. The Morgan fingerprint density at radius 3 is 2.21 bits per heavy atom. The monoisotopic (exact) mass is 1090 g/mol. The number of hydrogen-bond acceptors (Lipinski definition) is 17. The van der Waals surface area contributed by atoms with Crippen LogP contribution >= 0.6 is 11.8 Å². The highest BCUT2D eigenvalue weighted by Crippen LogP contribution is 2.31. The first-order valence-corrected chi connectivity index (χ1v) is 26.8. The van der Waals surface area contributed by atoms with E-state index in [1.165, 1.54) is 36.9 Å². The summed E-state index contributed by atoms with van der Waals surface area (Å²) in [7, 11) is -2.44. The highest BCUT2D eigenvalue weighted by molar-refractivity contribution is 8.00. The van der Waals surface area contributed by atoms with Gasteiger partial charge in [0.05, 0.1) is 72.2 Å². The number of likely N-dealkylation sites (tertiary alicyclic amines) is 1. The molecule has 6 rings (SSSR count). The average Bonchev–Trinajstić information content (AvgIpc) is 4.04. The maximum Gasteiger partial charge on any atom is 0.246 e. The highest BCUT2D eigenvalue weighted by atomic mass is 32.2. The molecular weight excluding hydrogens is 1030 g/mol. The van der Waals surface area contributed by atoms with Gasteiger partial charge >= 0.3 is 0 Å². The summed E-state index contributed by atoms with van der Waals surface area (Å²) in [6, 6.07) is -5.70. The van der Waals surface area contributed by atoms with Gasteiger partial charge in [-0.25, -0.2) is 0 Å². The molecule has 1 aromatic carbocycles. The Labute approximate surface area is 436 Å². The predicted octanol–water partition coefficient (Wildman–Crippen LogP) is -5.76. The average molecular weight is 1090 g/mol. The number of H-pyrrole nitrogens is 1. The number of primary amides is 1. The van der Waals surface area contributed by atoms with Crippen molar-refractivity contribution in [2.24, 2.45) is 17.6 Å². The molecule has 0 radical (unpaired) electrons. The Morgan fingerprint density at radius 2 is 1.56 bits per heavy atom. The van der Waals surface area contributed by atoms with Crippen molar-refractivity contribution >= 4 is 98.4 Å². The largest absolute Gasteiger partial charge is 0.492 e. The molecule has 2 bridgehead atoms. The van der Waals surface area contributed by atoms with Gasteiger partial charge in [-0.3, -0.25) is 61.8 Å². The lowest BCUT2D eigenvalue weighted by molar-refractivity contribution is -0.144. The number of rotatable bonds is 12. The van der Waals surface area contributed by atoms with E-state index in [9.17, 15) is 72.3 Å². The Bertz CT molecular complexity index is 2620.